The summed E-state index contributed by atoms with van der Waals surface area (Å²) >= 11 is 0. The summed E-state index contributed by atoms with van der Waals surface area (Å²) in [6, 6.07) is 9.13. The molecule has 8 nitrogen and oxygen atoms in total. The van der Waals surface area contributed by atoms with Crippen LogP contribution in [0.5, 0.6) is 5.75 Å². The summed E-state index contributed by atoms with van der Waals surface area (Å²) in [4.78, 5) is 38.7. The second-order valence-corrected chi connectivity index (χ2v) is 10.2. The molecule has 1 aromatic heterocycles. The van der Waals surface area contributed by atoms with Gasteiger partial charge in [-0.2, -0.15) is 17.9 Å². The number of hydrogen-bond donors (Lipinski definition) is 1. The Morgan fingerprint density at radius 3 is 2.36 bits per heavy atom. The Morgan fingerprint density at radius 1 is 1.05 bits per heavy atom. The van der Waals surface area contributed by atoms with Crippen molar-refractivity contribution in [3.63, 3.8) is 0 Å². The van der Waals surface area contributed by atoms with Gasteiger partial charge in [-0.05, 0) is 74.1 Å². The Kier molecular flexibility index (Phi) is 7.00. The monoisotopic (exact) mass is 541 g/mol. The second-order valence-electron chi connectivity index (χ2n) is 10.2. The average Bonchev–Trinajstić information content (AvgIpc) is 3.33. The van der Waals surface area contributed by atoms with Gasteiger partial charge in [0.1, 0.15) is 11.3 Å². The molecular formula is C28H26F3N3O5. The molecule has 2 saturated carbocycles. The maximum absolute atomic E-state index is 13.3. The molecule has 2 fully saturated rings. The topological polar surface area (TPSA) is 111 Å². The number of ketones is 1. The molecule has 3 unspecified atom stereocenters. The Balaban J connectivity index is 1.37. The Morgan fingerprint density at radius 2 is 1.74 bits per heavy atom. The molecule has 2 aromatic carbocycles. The Labute approximate surface area is 221 Å². The van der Waals surface area contributed by atoms with Crippen LogP contribution >= 0.6 is 0 Å². The average molecular weight is 542 g/mol. The van der Waals surface area contributed by atoms with Crippen LogP contribution in [0.25, 0.3) is 16.6 Å². The van der Waals surface area contributed by atoms with Crippen molar-refractivity contribution in [1.82, 2.24) is 15.0 Å². The number of carbonyl (C=O) groups is 2. The first-order valence-corrected chi connectivity index (χ1v) is 12.7. The second kappa shape index (κ2) is 10.3. The van der Waals surface area contributed by atoms with Crippen LogP contribution in [0.4, 0.5) is 13.2 Å². The number of carboxylic acid groups (broad SMARTS) is 1. The van der Waals surface area contributed by atoms with Crippen molar-refractivity contribution >= 4 is 28.4 Å². The number of rotatable bonds is 8. The lowest BCUT2D eigenvalue weighted by atomic mass is 9.83. The molecule has 39 heavy (non-hydrogen) atoms. The van der Waals surface area contributed by atoms with Crippen LogP contribution in [0, 0.1) is 23.7 Å². The minimum absolute atomic E-state index is 0.0331. The highest BCUT2D eigenvalue weighted by atomic mass is 19.4. The maximum Gasteiger partial charge on any atom is 0.416 e. The molecule has 1 N–H and O–H groups in total. The summed E-state index contributed by atoms with van der Waals surface area (Å²) in [5.74, 6) is -3.34. The van der Waals surface area contributed by atoms with E-state index in [1.54, 1.807) is 24.3 Å². The van der Waals surface area contributed by atoms with E-state index in [0.29, 0.717) is 29.9 Å². The molecule has 0 spiro atoms. The zero-order valence-electron chi connectivity index (χ0n) is 20.9. The summed E-state index contributed by atoms with van der Waals surface area (Å²) in [6.07, 6.45) is -0.710. The largest absolute Gasteiger partial charge is 0.493 e. The first kappa shape index (κ1) is 26.6. The molecule has 3 aromatic rings. The number of ether oxygens (including phenoxy) is 1. The van der Waals surface area contributed by atoms with E-state index < -0.39 is 41.0 Å². The van der Waals surface area contributed by atoms with Crippen LogP contribution in [0.1, 0.15) is 48.0 Å². The summed E-state index contributed by atoms with van der Waals surface area (Å²) in [5, 5.41) is 17.4. The number of hydrogen-bond acceptors (Lipinski definition) is 6. The molecular weight excluding hydrogens is 515 g/mol. The molecule has 1 heterocycles. The highest BCUT2D eigenvalue weighted by molar-refractivity contribution is 6.00. The highest BCUT2D eigenvalue weighted by Gasteiger charge is 2.46. The van der Waals surface area contributed by atoms with E-state index in [9.17, 15) is 32.7 Å². The number of alkyl halides is 3. The first-order valence-electron chi connectivity index (χ1n) is 12.7. The van der Waals surface area contributed by atoms with Crippen LogP contribution in [0.2, 0.25) is 0 Å². The Bertz CT molecular complexity index is 1500. The SMILES string of the molecule is C=C(C1CCC(C(=O)c2ccc(OCC3CCC3)cc2)C1C(=O)O)n1nnc2ccc(C(F)(F)F)cc2c1=O. The van der Waals surface area contributed by atoms with E-state index >= 15 is 0 Å². The molecule has 2 aliphatic carbocycles. The van der Waals surface area contributed by atoms with E-state index in [1.807, 2.05) is 0 Å². The van der Waals surface area contributed by atoms with Gasteiger partial charge in [-0.1, -0.05) is 18.2 Å². The third kappa shape index (κ3) is 5.17. The molecule has 0 radical (unpaired) electrons. The molecule has 0 aliphatic heterocycles. The quantitative estimate of drug-likeness (QED) is 0.397. The summed E-state index contributed by atoms with van der Waals surface area (Å²) in [6.45, 7) is 4.47. The van der Waals surface area contributed by atoms with Gasteiger partial charge in [0.2, 0.25) is 0 Å². The fourth-order valence-electron chi connectivity index (χ4n) is 5.38. The number of aliphatic carboxylic acids is 1. The maximum atomic E-state index is 13.3. The number of aromatic nitrogens is 3. The zero-order chi connectivity index (χ0) is 27.9. The van der Waals surface area contributed by atoms with E-state index in [2.05, 4.69) is 16.9 Å². The van der Waals surface area contributed by atoms with Crippen LogP contribution in [-0.2, 0) is 11.0 Å². The number of benzene rings is 2. The number of carbonyl (C=O) groups excluding carboxylic acids is 1. The van der Waals surface area contributed by atoms with Crippen molar-refractivity contribution in [3.8, 4) is 5.75 Å². The van der Waals surface area contributed by atoms with Gasteiger partial charge in [-0.15, -0.1) is 5.10 Å². The molecule has 5 rings (SSSR count). The van der Waals surface area contributed by atoms with Gasteiger partial charge in [0.25, 0.3) is 5.56 Å². The lowest BCUT2D eigenvalue weighted by Crippen LogP contribution is -2.33. The predicted molar refractivity (Wildman–Crippen MR) is 135 cm³/mol. The lowest BCUT2D eigenvalue weighted by molar-refractivity contribution is -0.143. The van der Waals surface area contributed by atoms with Gasteiger partial charge >= 0.3 is 12.1 Å². The fraction of sp³-hybridized carbons (Fsp3) is 0.393. The van der Waals surface area contributed by atoms with Crippen molar-refractivity contribution in [1.29, 1.82) is 0 Å². The zero-order valence-corrected chi connectivity index (χ0v) is 20.9. The normalized spacial score (nSPS) is 21.5. The molecule has 11 heteroatoms. The van der Waals surface area contributed by atoms with E-state index in [0.717, 1.165) is 29.7 Å². The predicted octanol–water partition coefficient (Wildman–Crippen LogP) is 5.07. The van der Waals surface area contributed by atoms with Crippen LogP contribution < -0.4 is 10.3 Å². The van der Waals surface area contributed by atoms with Crippen LogP contribution in [0.3, 0.4) is 0 Å². The summed E-state index contributed by atoms with van der Waals surface area (Å²) in [7, 11) is 0. The summed E-state index contributed by atoms with van der Waals surface area (Å²) < 4.78 is 46.1. The minimum atomic E-state index is -4.67. The van der Waals surface area contributed by atoms with E-state index in [4.69, 9.17) is 4.74 Å². The number of allylic oxidation sites excluding steroid dienone is 1. The van der Waals surface area contributed by atoms with Crippen molar-refractivity contribution < 1.29 is 32.6 Å². The first-order chi connectivity index (χ1) is 18.5. The minimum Gasteiger partial charge on any atom is -0.493 e. The molecule has 0 saturated heterocycles. The van der Waals surface area contributed by atoms with Crippen LogP contribution in [0.15, 0.2) is 53.8 Å². The molecule has 2 aliphatic rings. The van der Waals surface area contributed by atoms with Crippen molar-refractivity contribution in [3.05, 3.63) is 70.5 Å². The van der Waals surface area contributed by atoms with E-state index in [1.165, 1.54) is 6.42 Å². The van der Waals surface area contributed by atoms with Gasteiger partial charge in [0.05, 0.1) is 23.5 Å². The summed E-state index contributed by atoms with van der Waals surface area (Å²) in [5.41, 5.74) is -1.64. The standard InChI is InChI=1S/C28H26F3N3O5/c1-15(34-26(36)22-13-18(28(29,30)31)7-12-23(22)32-33-34)20-10-11-21(24(20)27(37)38)25(35)17-5-8-19(9-6-17)39-14-16-3-2-4-16/h5-9,12-13,16,20-21,24H,1-4,10-11,14H2,(H,37,38). The van der Waals surface area contributed by atoms with Gasteiger partial charge in [0.15, 0.2) is 5.78 Å². The number of nitrogens with zero attached hydrogens (tertiary/aromatic N) is 3. The van der Waals surface area contributed by atoms with Crippen molar-refractivity contribution in [2.75, 3.05) is 6.61 Å². The van der Waals surface area contributed by atoms with Gasteiger partial charge in [-0.25, -0.2) is 0 Å². The lowest BCUT2D eigenvalue weighted by Gasteiger charge is -2.25. The number of halogens is 3. The van der Waals surface area contributed by atoms with Crippen molar-refractivity contribution in [2.45, 2.75) is 38.3 Å². The third-order valence-electron chi connectivity index (χ3n) is 7.82. The van der Waals surface area contributed by atoms with Crippen molar-refractivity contribution in [2.24, 2.45) is 23.7 Å². The molecule has 0 bridgehead atoms. The Hall–Kier alpha value is -4.02. The van der Waals surface area contributed by atoms with E-state index in [-0.39, 0.29) is 35.2 Å². The number of Topliss-reactive ketones (excluding diaryl/α,β-unsaturated/α-hetero) is 1. The fourth-order valence-corrected chi connectivity index (χ4v) is 5.38. The smallest absolute Gasteiger partial charge is 0.416 e. The molecule has 204 valence electrons. The van der Waals surface area contributed by atoms with Gasteiger partial charge < -0.3 is 9.84 Å². The van der Waals surface area contributed by atoms with Gasteiger partial charge in [0, 0.05) is 23.1 Å². The highest BCUT2D eigenvalue weighted by Crippen LogP contribution is 2.43. The molecule has 0 amide bonds. The van der Waals surface area contributed by atoms with Gasteiger partial charge in [-0.3, -0.25) is 14.4 Å². The van der Waals surface area contributed by atoms with Crippen LogP contribution in [-0.4, -0.2) is 38.5 Å². The number of fused-ring (bicyclic) bond motifs is 1. The molecule has 3 atom stereocenters. The number of carboxylic acids is 1. The third-order valence-corrected chi connectivity index (χ3v) is 7.82.